The molecule has 0 radical (unpaired) electrons. The van der Waals surface area contributed by atoms with Crippen molar-refractivity contribution in [2.75, 3.05) is 7.11 Å². The number of nitrogens with zero attached hydrogens (tertiary/aromatic N) is 2. The largest absolute Gasteiger partial charge is 0.497 e. The molecule has 0 unspecified atom stereocenters. The second-order valence-corrected chi connectivity index (χ2v) is 5.40. The van der Waals surface area contributed by atoms with Crippen LogP contribution in [0, 0.1) is 0 Å². The maximum Gasteiger partial charge on any atom is 0.231 e. The summed E-state index contributed by atoms with van der Waals surface area (Å²) in [5.74, 6) is 2.08. The number of aromatic nitrogens is 2. The molecule has 1 aromatic heterocycles. The summed E-state index contributed by atoms with van der Waals surface area (Å²) >= 11 is 0. The number of rotatable bonds is 4. The summed E-state index contributed by atoms with van der Waals surface area (Å²) < 4.78 is 10.5. The molecule has 0 atom stereocenters. The van der Waals surface area contributed by atoms with E-state index in [4.69, 9.17) is 15.0 Å². The van der Waals surface area contributed by atoms with Crippen LogP contribution in [0.1, 0.15) is 43.0 Å². The van der Waals surface area contributed by atoms with Gasteiger partial charge in [-0.1, -0.05) is 30.1 Å². The van der Waals surface area contributed by atoms with E-state index in [1.165, 1.54) is 0 Å². The number of nitrogens with two attached hydrogens (primary N) is 1. The Morgan fingerprint density at radius 1 is 1.33 bits per heavy atom. The monoisotopic (exact) mass is 309 g/mol. The Morgan fingerprint density at radius 3 is 2.81 bits per heavy atom. The molecule has 0 bridgehead atoms. The molecule has 0 aliphatic heterocycles. The second-order valence-electron chi connectivity index (χ2n) is 5.40. The van der Waals surface area contributed by atoms with Crippen molar-refractivity contribution in [2.24, 2.45) is 5.73 Å². The molecular formula is C15H20ClN3O2. The Bertz CT molecular complexity index is 594. The van der Waals surface area contributed by atoms with E-state index in [1.807, 2.05) is 24.3 Å². The Balaban J connectivity index is 0.00000161. The smallest absolute Gasteiger partial charge is 0.231 e. The summed E-state index contributed by atoms with van der Waals surface area (Å²) in [7, 11) is 1.65. The number of halogens is 1. The summed E-state index contributed by atoms with van der Waals surface area (Å²) in [6, 6.07) is 7.85. The van der Waals surface area contributed by atoms with Crippen molar-refractivity contribution >= 4 is 12.4 Å². The predicted molar refractivity (Wildman–Crippen MR) is 81.7 cm³/mol. The van der Waals surface area contributed by atoms with Gasteiger partial charge in [-0.05, 0) is 30.5 Å². The zero-order valence-electron chi connectivity index (χ0n) is 12.0. The topological polar surface area (TPSA) is 74.2 Å². The van der Waals surface area contributed by atoms with E-state index in [9.17, 15) is 0 Å². The molecule has 1 aromatic carbocycles. The van der Waals surface area contributed by atoms with Crippen LogP contribution >= 0.6 is 12.4 Å². The van der Waals surface area contributed by atoms with E-state index in [1.54, 1.807) is 7.11 Å². The molecule has 1 aliphatic carbocycles. The lowest BCUT2D eigenvalue weighted by Crippen LogP contribution is -2.34. The molecule has 1 saturated carbocycles. The normalized spacial score (nSPS) is 16.5. The zero-order valence-corrected chi connectivity index (χ0v) is 12.9. The quantitative estimate of drug-likeness (QED) is 0.940. The molecule has 3 rings (SSSR count). The number of hydrogen-bond donors (Lipinski definition) is 1. The third-order valence-electron chi connectivity index (χ3n) is 3.90. The van der Waals surface area contributed by atoms with E-state index >= 15 is 0 Å². The fourth-order valence-electron chi connectivity index (χ4n) is 2.72. The predicted octanol–water partition coefficient (Wildman–Crippen LogP) is 2.82. The molecule has 2 aromatic rings. The van der Waals surface area contributed by atoms with E-state index < -0.39 is 5.54 Å². The average Bonchev–Trinajstić information content (AvgIpc) is 3.09. The minimum atomic E-state index is -0.393. The van der Waals surface area contributed by atoms with Crippen molar-refractivity contribution < 1.29 is 9.26 Å². The van der Waals surface area contributed by atoms with Gasteiger partial charge in [0.15, 0.2) is 5.82 Å². The highest BCUT2D eigenvalue weighted by Gasteiger charge is 2.35. The maximum atomic E-state index is 6.33. The molecule has 21 heavy (non-hydrogen) atoms. The molecule has 6 heteroatoms. The number of benzene rings is 1. The fraction of sp³-hybridized carbons (Fsp3) is 0.467. The van der Waals surface area contributed by atoms with Gasteiger partial charge in [-0.2, -0.15) is 4.98 Å². The Labute approximate surface area is 130 Å². The lowest BCUT2D eigenvalue weighted by atomic mass is 9.99. The van der Waals surface area contributed by atoms with Gasteiger partial charge in [0.05, 0.1) is 19.1 Å². The minimum Gasteiger partial charge on any atom is -0.497 e. The van der Waals surface area contributed by atoms with Crippen LogP contribution in [-0.4, -0.2) is 17.3 Å². The lowest BCUT2D eigenvalue weighted by Gasteiger charge is -2.17. The Hall–Kier alpha value is -1.59. The van der Waals surface area contributed by atoms with Crippen LogP contribution in [0.2, 0.25) is 0 Å². The van der Waals surface area contributed by atoms with Crippen molar-refractivity contribution in [2.45, 2.75) is 37.6 Å². The molecule has 1 fully saturated rings. The second kappa shape index (κ2) is 6.45. The van der Waals surface area contributed by atoms with Crippen molar-refractivity contribution in [3.8, 4) is 5.75 Å². The zero-order chi connectivity index (χ0) is 14.0. The van der Waals surface area contributed by atoms with Gasteiger partial charge in [0.25, 0.3) is 0 Å². The first-order valence-corrected chi connectivity index (χ1v) is 6.94. The van der Waals surface area contributed by atoms with Gasteiger partial charge in [-0.3, -0.25) is 0 Å². The molecular weight excluding hydrogens is 290 g/mol. The molecule has 0 saturated heterocycles. The first-order valence-electron chi connectivity index (χ1n) is 6.94. The highest BCUT2D eigenvalue weighted by Crippen LogP contribution is 2.34. The Kier molecular flexibility index (Phi) is 4.85. The van der Waals surface area contributed by atoms with E-state index in [0.29, 0.717) is 18.1 Å². The summed E-state index contributed by atoms with van der Waals surface area (Å²) in [5.41, 5.74) is 7.02. The average molecular weight is 310 g/mol. The first-order chi connectivity index (χ1) is 9.69. The van der Waals surface area contributed by atoms with Gasteiger partial charge in [0.2, 0.25) is 5.89 Å². The van der Waals surface area contributed by atoms with Gasteiger partial charge in [-0.25, -0.2) is 0 Å². The van der Waals surface area contributed by atoms with Crippen LogP contribution < -0.4 is 10.5 Å². The van der Waals surface area contributed by atoms with Gasteiger partial charge in [0, 0.05) is 0 Å². The van der Waals surface area contributed by atoms with Crippen LogP contribution in [0.15, 0.2) is 28.8 Å². The van der Waals surface area contributed by atoms with E-state index in [-0.39, 0.29) is 12.4 Å². The SMILES string of the molecule is COc1cccc(Cc2nc(C3(N)CCCC3)no2)c1.Cl. The molecule has 1 heterocycles. The van der Waals surface area contributed by atoms with Crippen LogP contribution in [0.25, 0.3) is 0 Å². The van der Waals surface area contributed by atoms with Crippen molar-refractivity contribution in [1.82, 2.24) is 10.1 Å². The summed E-state index contributed by atoms with van der Waals surface area (Å²) in [4.78, 5) is 4.47. The van der Waals surface area contributed by atoms with Crippen LogP contribution in [0.5, 0.6) is 5.75 Å². The minimum absolute atomic E-state index is 0. The van der Waals surface area contributed by atoms with Crippen LogP contribution in [0.4, 0.5) is 0 Å². The fourth-order valence-corrected chi connectivity index (χ4v) is 2.72. The van der Waals surface area contributed by atoms with Gasteiger partial charge < -0.3 is 15.0 Å². The summed E-state index contributed by atoms with van der Waals surface area (Å²) in [6.45, 7) is 0. The number of ether oxygens (including phenoxy) is 1. The third kappa shape index (κ3) is 3.36. The highest BCUT2D eigenvalue weighted by atomic mass is 35.5. The first kappa shape index (κ1) is 15.8. The third-order valence-corrected chi connectivity index (χ3v) is 3.90. The van der Waals surface area contributed by atoms with Crippen molar-refractivity contribution in [3.05, 3.63) is 41.5 Å². The summed E-state index contributed by atoms with van der Waals surface area (Å²) in [5, 5.41) is 4.07. The molecule has 0 amide bonds. The maximum absolute atomic E-state index is 6.33. The van der Waals surface area contributed by atoms with Crippen molar-refractivity contribution in [1.29, 1.82) is 0 Å². The molecule has 1 aliphatic rings. The number of hydrogen-bond acceptors (Lipinski definition) is 5. The standard InChI is InChI=1S/C15H19N3O2.ClH/c1-19-12-6-4-5-11(9-12)10-13-17-14(18-20-13)15(16)7-2-3-8-15;/h4-6,9H,2-3,7-8,10,16H2,1H3;1H. The van der Waals surface area contributed by atoms with Gasteiger partial charge in [0.1, 0.15) is 5.75 Å². The molecule has 114 valence electrons. The lowest BCUT2D eigenvalue weighted by molar-refractivity contribution is 0.352. The van der Waals surface area contributed by atoms with Crippen LogP contribution in [-0.2, 0) is 12.0 Å². The number of methoxy groups -OCH3 is 1. The molecule has 5 nitrogen and oxygen atoms in total. The summed E-state index contributed by atoms with van der Waals surface area (Å²) in [6.07, 6.45) is 4.74. The molecule has 0 spiro atoms. The highest BCUT2D eigenvalue weighted by molar-refractivity contribution is 5.85. The van der Waals surface area contributed by atoms with Crippen LogP contribution in [0.3, 0.4) is 0 Å². The van der Waals surface area contributed by atoms with Gasteiger partial charge in [-0.15, -0.1) is 12.4 Å². The van der Waals surface area contributed by atoms with Crippen molar-refractivity contribution in [3.63, 3.8) is 0 Å². The van der Waals surface area contributed by atoms with E-state index in [0.717, 1.165) is 37.0 Å². The van der Waals surface area contributed by atoms with E-state index in [2.05, 4.69) is 10.1 Å². The Morgan fingerprint density at radius 2 is 2.10 bits per heavy atom. The molecule has 2 N–H and O–H groups in total. The van der Waals surface area contributed by atoms with Gasteiger partial charge >= 0.3 is 0 Å².